The third kappa shape index (κ3) is 2.53. The van der Waals surface area contributed by atoms with Crippen LogP contribution in [0.25, 0.3) is 10.9 Å². The van der Waals surface area contributed by atoms with Gasteiger partial charge in [0.25, 0.3) is 5.91 Å². The maximum absolute atomic E-state index is 12.9. The number of H-pyrrole nitrogens is 1. The summed E-state index contributed by atoms with van der Waals surface area (Å²) in [5, 5.41) is 11.6. The van der Waals surface area contributed by atoms with Crippen molar-refractivity contribution in [2.45, 2.75) is 38.8 Å². The molecule has 0 spiro atoms. The molecule has 2 N–H and O–H groups in total. The first kappa shape index (κ1) is 14.1. The monoisotopic (exact) mass is 286 g/mol. The van der Waals surface area contributed by atoms with E-state index >= 15 is 0 Å². The number of benzene rings is 1. The van der Waals surface area contributed by atoms with Gasteiger partial charge in [0.1, 0.15) is 0 Å². The van der Waals surface area contributed by atoms with Crippen molar-refractivity contribution in [2.24, 2.45) is 0 Å². The zero-order chi connectivity index (χ0) is 14.8. The van der Waals surface area contributed by atoms with Crippen molar-refractivity contribution in [1.82, 2.24) is 20.4 Å². The van der Waals surface area contributed by atoms with Crippen molar-refractivity contribution in [2.75, 3.05) is 13.1 Å². The van der Waals surface area contributed by atoms with Crippen molar-refractivity contribution in [3.05, 3.63) is 30.0 Å². The van der Waals surface area contributed by atoms with Crippen LogP contribution in [0.3, 0.4) is 0 Å². The lowest BCUT2D eigenvalue weighted by atomic mass is 10.0. The minimum atomic E-state index is 0.0410. The Labute approximate surface area is 124 Å². The minimum absolute atomic E-state index is 0.0410. The van der Waals surface area contributed by atoms with E-state index in [1.54, 1.807) is 0 Å². The first-order chi connectivity index (χ1) is 10.2. The summed E-state index contributed by atoms with van der Waals surface area (Å²) >= 11 is 0. The number of fused-ring (bicyclic) bond motifs is 1. The van der Waals surface area contributed by atoms with Gasteiger partial charge in [0.15, 0.2) is 5.69 Å². The summed E-state index contributed by atoms with van der Waals surface area (Å²) in [7, 11) is 0. The maximum atomic E-state index is 12.9. The van der Waals surface area contributed by atoms with E-state index < -0.39 is 0 Å². The Morgan fingerprint density at radius 2 is 2.14 bits per heavy atom. The van der Waals surface area contributed by atoms with Crippen molar-refractivity contribution >= 4 is 16.8 Å². The Morgan fingerprint density at radius 3 is 2.90 bits per heavy atom. The van der Waals surface area contributed by atoms with E-state index in [1.165, 1.54) is 0 Å². The molecule has 2 atom stereocenters. The number of aromatic amines is 1. The molecule has 5 nitrogen and oxygen atoms in total. The normalized spacial score (nSPS) is 22.7. The quantitative estimate of drug-likeness (QED) is 0.909. The van der Waals surface area contributed by atoms with Crippen molar-refractivity contribution < 1.29 is 4.79 Å². The molecule has 1 fully saturated rings. The van der Waals surface area contributed by atoms with Crippen LogP contribution in [0.2, 0.25) is 0 Å². The molecule has 112 valence electrons. The molecule has 1 aliphatic heterocycles. The van der Waals surface area contributed by atoms with Crippen LogP contribution in [0.4, 0.5) is 0 Å². The molecular weight excluding hydrogens is 264 g/mol. The number of piperazine rings is 1. The second-order valence-electron chi connectivity index (χ2n) is 5.65. The molecule has 0 saturated carbocycles. The van der Waals surface area contributed by atoms with E-state index in [-0.39, 0.29) is 11.9 Å². The molecule has 2 unspecified atom stereocenters. The van der Waals surface area contributed by atoms with Crippen LogP contribution in [-0.2, 0) is 0 Å². The Morgan fingerprint density at radius 1 is 1.33 bits per heavy atom. The largest absolute Gasteiger partial charge is 0.331 e. The fraction of sp³-hybridized carbons (Fsp3) is 0.500. The van der Waals surface area contributed by atoms with E-state index in [4.69, 9.17) is 0 Å². The predicted octanol–water partition coefficient (Wildman–Crippen LogP) is 2.17. The van der Waals surface area contributed by atoms with Crippen LogP contribution in [-0.4, -0.2) is 46.2 Å². The zero-order valence-corrected chi connectivity index (χ0v) is 12.6. The van der Waals surface area contributed by atoms with E-state index in [1.807, 2.05) is 29.2 Å². The van der Waals surface area contributed by atoms with Gasteiger partial charge < -0.3 is 10.2 Å². The average Bonchev–Trinajstić information content (AvgIpc) is 2.97. The van der Waals surface area contributed by atoms with Crippen molar-refractivity contribution in [3.8, 4) is 0 Å². The summed E-state index contributed by atoms with van der Waals surface area (Å²) in [5.41, 5.74) is 1.46. The third-order valence-electron chi connectivity index (χ3n) is 4.40. The molecule has 0 aliphatic carbocycles. The molecule has 1 saturated heterocycles. The van der Waals surface area contributed by atoms with Crippen LogP contribution >= 0.6 is 0 Å². The first-order valence-electron chi connectivity index (χ1n) is 7.72. The number of nitrogens with zero attached hydrogens (tertiary/aromatic N) is 2. The van der Waals surface area contributed by atoms with Gasteiger partial charge in [-0.15, -0.1) is 0 Å². The number of carbonyl (C=O) groups excluding carboxylic acids is 1. The number of amides is 1. The Kier molecular flexibility index (Phi) is 3.92. The predicted molar refractivity (Wildman–Crippen MR) is 83.3 cm³/mol. The highest BCUT2D eigenvalue weighted by Crippen LogP contribution is 2.20. The number of hydrogen-bond acceptors (Lipinski definition) is 3. The van der Waals surface area contributed by atoms with Crippen LogP contribution in [0, 0.1) is 0 Å². The number of nitrogens with one attached hydrogen (secondary N) is 2. The van der Waals surface area contributed by atoms with Gasteiger partial charge in [0, 0.05) is 30.6 Å². The second-order valence-corrected chi connectivity index (χ2v) is 5.65. The molecule has 1 aromatic heterocycles. The number of aromatic nitrogens is 2. The summed E-state index contributed by atoms with van der Waals surface area (Å²) in [6.45, 7) is 5.90. The fourth-order valence-corrected chi connectivity index (χ4v) is 3.01. The lowest BCUT2D eigenvalue weighted by molar-refractivity contribution is 0.0572. The Balaban J connectivity index is 1.92. The lowest BCUT2D eigenvalue weighted by Crippen LogP contribution is -2.58. The molecule has 1 amide bonds. The van der Waals surface area contributed by atoms with Gasteiger partial charge in [-0.3, -0.25) is 9.89 Å². The average molecular weight is 286 g/mol. The number of carbonyl (C=O) groups is 1. The van der Waals surface area contributed by atoms with Crippen LogP contribution in [0.5, 0.6) is 0 Å². The molecule has 2 heterocycles. The van der Waals surface area contributed by atoms with E-state index in [2.05, 4.69) is 29.4 Å². The van der Waals surface area contributed by atoms with Crippen LogP contribution < -0.4 is 5.32 Å². The van der Waals surface area contributed by atoms with Gasteiger partial charge in [0.2, 0.25) is 0 Å². The van der Waals surface area contributed by atoms with E-state index in [9.17, 15) is 4.79 Å². The lowest BCUT2D eigenvalue weighted by Gasteiger charge is -2.39. The summed E-state index contributed by atoms with van der Waals surface area (Å²) < 4.78 is 0. The molecule has 1 aliphatic rings. The molecule has 5 heteroatoms. The van der Waals surface area contributed by atoms with E-state index in [0.717, 1.165) is 36.8 Å². The van der Waals surface area contributed by atoms with Crippen LogP contribution in [0.1, 0.15) is 37.2 Å². The van der Waals surface area contributed by atoms with Gasteiger partial charge in [0.05, 0.1) is 5.52 Å². The summed E-state index contributed by atoms with van der Waals surface area (Å²) in [5.74, 6) is 0.0410. The summed E-state index contributed by atoms with van der Waals surface area (Å²) in [6.07, 6.45) is 1.99. The Bertz CT molecular complexity index is 636. The molecule has 0 bridgehead atoms. The van der Waals surface area contributed by atoms with Crippen molar-refractivity contribution in [1.29, 1.82) is 0 Å². The number of rotatable bonds is 3. The zero-order valence-electron chi connectivity index (χ0n) is 12.6. The molecule has 1 aromatic carbocycles. The number of hydrogen-bond donors (Lipinski definition) is 2. The molecule has 21 heavy (non-hydrogen) atoms. The molecule has 3 rings (SSSR count). The molecule has 2 aromatic rings. The Hall–Kier alpha value is -1.88. The van der Waals surface area contributed by atoms with Gasteiger partial charge in [-0.2, -0.15) is 5.10 Å². The van der Waals surface area contributed by atoms with Crippen LogP contribution in [0.15, 0.2) is 24.3 Å². The minimum Gasteiger partial charge on any atom is -0.331 e. The summed E-state index contributed by atoms with van der Waals surface area (Å²) in [6, 6.07) is 8.41. The molecular formula is C16H22N4O. The smallest absolute Gasteiger partial charge is 0.275 e. The second kappa shape index (κ2) is 5.85. The van der Waals surface area contributed by atoms with Gasteiger partial charge >= 0.3 is 0 Å². The maximum Gasteiger partial charge on any atom is 0.275 e. The first-order valence-corrected chi connectivity index (χ1v) is 7.72. The van der Waals surface area contributed by atoms with E-state index in [0.29, 0.717) is 11.7 Å². The fourth-order valence-electron chi connectivity index (χ4n) is 3.01. The van der Waals surface area contributed by atoms with Crippen molar-refractivity contribution in [3.63, 3.8) is 0 Å². The molecule has 0 radical (unpaired) electrons. The highest BCUT2D eigenvalue weighted by molar-refractivity contribution is 6.04. The third-order valence-corrected chi connectivity index (χ3v) is 4.40. The summed E-state index contributed by atoms with van der Waals surface area (Å²) in [4.78, 5) is 14.9. The highest BCUT2D eigenvalue weighted by Gasteiger charge is 2.31. The van der Waals surface area contributed by atoms with Gasteiger partial charge in [-0.25, -0.2) is 0 Å². The SMILES string of the molecule is CCC1CN(C(=O)c2n[nH]c3ccccc23)C(CC)CN1. The number of para-hydroxylation sites is 1. The topological polar surface area (TPSA) is 61.0 Å². The highest BCUT2D eigenvalue weighted by atomic mass is 16.2. The van der Waals surface area contributed by atoms with Gasteiger partial charge in [-0.05, 0) is 18.9 Å². The van der Waals surface area contributed by atoms with Gasteiger partial charge in [-0.1, -0.05) is 32.0 Å². The standard InChI is InChI=1S/C16H22N4O/c1-3-11-10-20(12(4-2)9-17-11)16(21)15-13-7-5-6-8-14(13)18-19-15/h5-8,11-12,17H,3-4,9-10H2,1-2H3,(H,18,19).